The van der Waals surface area contributed by atoms with Crippen molar-refractivity contribution in [3.63, 3.8) is 0 Å². The van der Waals surface area contributed by atoms with Crippen molar-refractivity contribution in [2.24, 2.45) is 0 Å². The Morgan fingerprint density at radius 1 is 0.963 bits per heavy atom. The molecule has 0 aliphatic carbocycles. The second kappa shape index (κ2) is 8.85. The fourth-order valence-corrected chi connectivity index (χ4v) is 2.60. The summed E-state index contributed by atoms with van der Waals surface area (Å²) in [6.07, 6.45) is 1.96. The van der Waals surface area contributed by atoms with Gasteiger partial charge in [0.1, 0.15) is 11.6 Å². The first-order valence-electron chi connectivity index (χ1n) is 8.80. The van der Waals surface area contributed by atoms with Crippen LogP contribution in [0.15, 0.2) is 66.9 Å². The van der Waals surface area contributed by atoms with Gasteiger partial charge in [0.05, 0.1) is 25.4 Å². The molecule has 0 radical (unpaired) electrons. The van der Waals surface area contributed by atoms with Crippen molar-refractivity contribution in [2.45, 2.75) is 19.9 Å². The van der Waals surface area contributed by atoms with Crippen LogP contribution < -0.4 is 15.4 Å². The number of hydrogen-bond donors (Lipinski definition) is 2. The van der Waals surface area contributed by atoms with Crippen molar-refractivity contribution in [1.29, 1.82) is 0 Å². The summed E-state index contributed by atoms with van der Waals surface area (Å²) in [4.78, 5) is 16.5. The maximum atomic E-state index is 12.2. The topological polar surface area (TPSA) is 63.2 Å². The van der Waals surface area contributed by atoms with E-state index in [1.165, 1.54) is 11.1 Å². The number of amides is 1. The minimum atomic E-state index is -0.0812. The van der Waals surface area contributed by atoms with Gasteiger partial charge < -0.3 is 15.4 Å². The van der Waals surface area contributed by atoms with E-state index < -0.39 is 0 Å². The van der Waals surface area contributed by atoms with Crippen LogP contribution in [-0.4, -0.2) is 18.0 Å². The second-order valence-corrected chi connectivity index (χ2v) is 6.34. The minimum Gasteiger partial charge on any atom is -0.497 e. The lowest BCUT2D eigenvalue weighted by atomic mass is 10.1. The molecule has 0 saturated carbocycles. The Bertz CT molecular complexity index is 873. The quantitative estimate of drug-likeness (QED) is 0.662. The van der Waals surface area contributed by atoms with Gasteiger partial charge in [0.15, 0.2) is 0 Å². The van der Waals surface area contributed by atoms with Crippen LogP contribution in [0, 0.1) is 6.92 Å². The molecule has 0 unspecified atom stereocenters. The predicted molar refractivity (Wildman–Crippen MR) is 108 cm³/mol. The molecule has 27 heavy (non-hydrogen) atoms. The SMILES string of the molecule is COc1ccc(CC(=O)Nc2ccc(NCc3ccc(C)cc3)nc2)cc1. The number of methoxy groups -OCH3 is 1. The third-order valence-corrected chi connectivity index (χ3v) is 4.17. The fraction of sp³-hybridized carbons (Fsp3) is 0.182. The molecule has 0 fully saturated rings. The molecular formula is C22H23N3O2. The highest BCUT2D eigenvalue weighted by atomic mass is 16.5. The number of nitrogens with one attached hydrogen (secondary N) is 2. The van der Waals surface area contributed by atoms with E-state index in [2.05, 4.69) is 46.8 Å². The normalized spacial score (nSPS) is 10.3. The molecule has 0 spiro atoms. The van der Waals surface area contributed by atoms with Gasteiger partial charge in [-0.15, -0.1) is 0 Å². The Morgan fingerprint density at radius 2 is 1.67 bits per heavy atom. The summed E-state index contributed by atoms with van der Waals surface area (Å²) in [7, 11) is 1.62. The van der Waals surface area contributed by atoms with E-state index in [0.29, 0.717) is 18.7 Å². The van der Waals surface area contributed by atoms with E-state index in [9.17, 15) is 4.79 Å². The van der Waals surface area contributed by atoms with E-state index in [-0.39, 0.29) is 5.91 Å². The molecule has 0 saturated heterocycles. The number of aromatic nitrogens is 1. The van der Waals surface area contributed by atoms with Crippen molar-refractivity contribution in [1.82, 2.24) is 4.98 Å². The molecule has 3 aromatic rings. The smallest absolute Gasteiger partial charge is 0.228 e. The van der Waals surface area contributed by atoms with E-state index in [4.69, 9.17) is 4.74 Å². The van der Waals surface area contributed by atoms with Crippen molar-refractivity contribution in [3.05, 3.63) is 83.6 Å². The van der Waals surface area contributed by atoms with Gasteiger partial charge in [-0.1, -0.05) is 42.0 Å². The lowest BCUT2D eigenvalue weighted by molar-refractivity contribution is -0.115. The van der Waals surface area contributed by atoms with E-state index in [0.717, 1.165) is 17.1 Å². The Hall–Kier alpha value is -3.34. The zero-order valence-corrected chi connectivity index (χ0v) is 15.5. The molecule has 2 aromatic carbocycles. The van der Waals surface area contributed by atoms with Gasteiger partial charge in [0.2, 0.25) is 5.91 Å². The number of aryl methyl sites for hydroxylation is 1. The third kappa shape index (κ3) is 5.57. The Labute approximate surface area is 159 Å². The monoisotopic (exact) mass is 361 g/mol. The second-order valence-electron chi connectivity index (χ2n) is 6.34. The largest absolute Gasteiger partial charge is 0.497 e. The highest BCUT2D eigenvalue weighted by molar-refractivity contribution is 5.92. The van der Waals surface area contributed by atoms with Crippen LogP contribution >= 0.6 is 0 Å². The summed E-state index contributed by atoms with van der Waals surface area (Å²) in [6.45, 7) is 2.77. The number of carbonyl (C=O) groups excluding carboxylic acids is 1. The van der Waals surface area contributed by atoms with Gasteiger partial charge >= 0.3 is 0 Å². The number of nitrogens with zero attached hydrogens (tertiary/aromatic N) is 1. The molecule has 0 bridgehead atoms. The van der Waals surface area contributed by atoms with Gasteiger partial charge in [0, 0.05) is 6.54 Å². The molecule has 5 nitrogen and oxygen atoms in total. The van der Waals surface area contributed by atoms with Crippen molar-refractivity contribution in [2.75, 3.05) is 17.7 Å². The first-order valence-corrected chi connectivity index (χ1v) is 8.80. The maximum Gasteiger partial charge on any atom is 0.228 e. The maximum absolute atomic E-state index is 12.2. The summed E-state index contributed by atoms with van der Waals surface area (Å²) in [6, 6.07) is 19.5. The number of rotatable bonds is 7. The van der Waals surface area contributed by atoms with E-state index in [1.807, 2.05) is 36.4 Å². The van der Waals surface area contributed by atoms with Crippen molar-refractivity contribution in [3.8, 4) is 5.75 Å². The molecule has 3 rings (SSSR count). The van der Waals surface area contributed by atoms with Crippen LogP contribution in [0.25, 0.3) is 0 Å². The summed E-state index contributed by atoms with van der Waals surface area (Å²) in [5.41, 5.74) is 4.04. The van der Waals surface area contributed by atoms with Crippen LogP contribution in [0.1, 0.15) is 16.7 Å². The zero-order chi connectivity index (χ0) is 19.1. The third-order valence-electron chi connectivity index (χ3n) is 4.17. The first kappa shape index (κ1) is 18.5. The lowest BCUT2D eigenvalue weighted by Crippen LogP contribution is -2.14. The minimum absolute atomic E-state index is 0.0812. The summed E-state index contributed by atoms with van der Waals surface area (Å²) >= 11 is 0. The van der Waals surface area contributed by atoms with Gasteiger partial charge in [-0.25, -0.2) is 4.98 Å². The Morgan fingerprint density at radius 3 is 2.30 bits per heavy atom. The molecule has 0 atom stereocenters. The fourth-order valence-electron chi connectivity index (χ4n) is 2.60. The van der Waals surface area contributed by atoms with E-state index in [1.54, 1.807) is 13.3 Å². The molecule has 0 aliphatic rings. The van der Waals surface area contributed by atoms with Crippen LogP contribution in [0.5, 0.6) is 5.75 Å². The van der Waals surface area contributed by atoms with Gasteiger partial charge in [-0.2, -0.15) is 0 Å². The molecule has 5 heteroatoms. The first-order chi connectivity index (χ1) is 13.1. The number of pyridine rings is 1. The average Bonchev–Trinajstić information content (AvgIpc) is 2.69. The summed E-state index contributed by atoms with van der Waals surface area (Å²) in [5, 5.41) is 6.14. The molecule has 0 aliphatic heterocycles. The number of carbonyl (C=O) groups is 1. The molecule has 1 amide bonds. The summed E-state index contributed by atoms with van der Waals surface area (Å²) in [5.74, 6) is 1.46. The Kier molecular flexibility index (Phi) is 6.05. The number of benzene rings is 2. The molecule has 1 heterocycles. The number of anilines is 2. The lowest BCUT2D eigenvalue weighted by Gasteiger charge is -2.08. The van der Waals surface area contributed by atoms with Crippen molar-refractivity contribution < 1.29 is 9.53 Å². The standard InChI is InChI=1S/C22H23N3O2/c1-16-3-5-18(6-4-16)14-23-21-12-9-19(15-24-21)25-22(26)13-17-7-10-20(27-2)11-8-17/h3-12,15H,13-14H2,1-2H3,(H,23,24)(H,25,26). The molecule has 1 aromatic heterocycles. The highest BCUT2D eigenvalue weighted by Gasteiger charge is 2.05. The number of hydrogen-bond acceptors (Lipinski definition) is 4. The summed E-state index contributed by atoms with van der Waals surface area (Å²) < 4.78 is 5.12. The molecule has 2 N–H and O–H groups in total. The van der Waals surface area contributed by atoms with Crippen LogP contribution in [0.4, 0.5) is 11.5 Å². The van der Waals surface area contributed by atoms with Gasteiger partial charge in [-0.3, -0.25) is 4.79 Å². The van der Waals surface area contributed by atoms with Crippen molar-refractivity contribution >= 4 is 17.4 Å². The molecule has 138 valence electrons. The number of ether oxygens (including phenoxy) is 1. The van der Waals surface area contributed by atoms with E-state index >= 15 is 0 Å². The average molecular weight is 361 g/mol. The van der Waals surface area contributed by atoms with Crippen LogP contribution in [0.3, 0.4) is 0 Å². The van der Waals surface area contributed by atoms with Crippen LogP contribution in [-0.2, 0) is 17.8 Å². The highest BCUT2D eigenvalue weighted by Crippen LogP contribution is 2.14. The zero-order valence-electron chi connectivity index (χ0n) is 15.5. The van der Waals surface area contributed by atoms with Crippen LogP contribution in [0.2, 0.25) is 0 Å². The molecular weight excluding hydrogens is 338 g/mol. The van der Waals surface area contributed by atoms with Gasteiger partial charge in [-0.05, 0) is 42.3 Å². The Balaban J connectivity index is 1.50. The van der Waals surface area contributed by atoms with Gasteiger partial charge in [0.25, 0.3) is 0 Å². The predicted octanol–water partition coefficient (Wildman–Crippen LogP) is 4.19.